The molecule has 0 spiro atoms. The smallest absolute Gasteiger partial charge is 0.493 e. The van der Waals surface area contributed by atoms with Crippen LogP contribution >= 0.6 is 0 Å². The van der Waals surface area contributed by atoms with Crippen molar-refractivity contribution >= 4 is 6.16 Å². The van der Waals surface area contributed by atoms with Crippen LogP contribution in [0.15, 0.2) is 18.2 Å². The molecule has 0 aliphatic carbocycles. The van der Waals surface area contributed by atoms with Crippen molar-refractivity contribution in [2.75, 3.05) is 13.7 Å². The molecule has 1 aromatic carbocycles. The van der Waals surface area contributed by atoms with E-state index in [-0.39, 0.29) is 6.61 Å². The highest BCUT2D eigenvalue weighted by atomic mass is 16.8. The van der Waals surface area contributed by atoms with Gasteiger partial charge in [0, 0.05) is 6.42 Å². The van der Waals surface area contributed by atoms with Crippen molar-refractivity contribution in [1.82, 2.24) is 0 Å². The summed E-state index contributed by atoms with van der Waals surface area (Å²) in [6.07, 6.45) is 0.0592. The molecule has 0 N–H and O–H groups in total. The minimum absolute atomic E-state index is 0.283. The Labute approximate surface area is 106 Å². The normalized spacial score (nSPS) is 17.3. The van der Waals surface area contributed by atoms with Gasteiger partial charge in [0.15, 0.2) is 11.5 Å². The van der Waals surface area contributed by atoms with E-state index in [1.165, 1.54) is 0 Å². The van der Waals surface area contributed by atoms with Gasteiger partial charge in [-0.2, -0.15) is 0 Å². The second-order valence-electron chi connectivity index (χ2n) is 3.84. The van der Waals surface area contributed by atoms with Gasteiger partial charge in [0.05, 0.1) is 13.7 Å². The van der Waals surface area contributed by atoms with Gasteiger partial charge in [-0.1, -0.05) is 12.1 Å². The summed E-state index contributed by atoms with van der Waals surface area (Å²) >= 11 is 0. The molecule has 1 aromatic rings. The van der Waals surface area contributed by atoms with Crippen LogP contribution in [0, 0.1) is 0 Å². The molecule has 98 valence electrons. The molecule has 0 aromatic heterocycles. The molecule has 0 saturated heterocycles. The Morgan fingerprint density at radius 2 is 2.33 bits per heavy atom. The van der Waals surface area contributed by atoms with E-state index in [4.69, 9.17) is 18.9 Å². The molecule has 0 radical (unpaired) electrons. The lowest BCUT2D eigenvalue weighted by Crippen LogP contribution is -2.29. The summed E-state index contributed by atoms with van der Waals surface area (Å²) in [4.78, 5) is 11.2. The number of para-hydroxylation sites is 1. The zero-order valence-electron chi connectivity index (χ0n) is 10.5. The lowest BCUT2D eigenvalue weighted by Gasteiger charge is -2.26. The molecule has 18 heavy (non-hydrogen) atoms. The zero-order chi connectivity index (χ0) is 13.0. The van der Waals surface area contributed by atoms with E-state index in [0.717, 1.165) is 12.0 Å². The van der Waals surface area contributed by atoms with Gasteiger partial charge in [0.1, 0.15) is 0 Å². The monoisotopic (exact) mass is 252 g/mol. The summed E-state index contributed by atoms with van der Waals surface area (Å²) in [6.45, 7) is 2.01. The minimum Gasteiger partial charge on any atom is -0.493 e. The van der Waals surface area contributed by atoms with Gasteiger partial charge in [0.25, 0.3) is 0 Å². The predicted octanol–water partition coefficient (Wildman–Crippen LogP) is 2.52. The largest absolute Gasteiger partial charge is 0.511 e. The van der Waals surface area contributed by atoms with Crippen LogP contribution in [0.4, 0.5) is 4.79 Å². The number of ether oxygens (including phenoxy) is 4. The Kier molecular flexibility index (Phi) is 3.92. The van der Waals surface area contributed by atoms with Gasteiger partial charge in [-0.25, -0.2) is 4.79 Å². The Morgan fingerprint density at radius 1 is 1.50 bits per heavy atom. The second kappa shape index (κ2) is 5.62. The van der Waals surface area contributed by atoms with E-state index >= 15 is 0 Å². The molecule has 1 aliphatic rings. The molecule has 0 amide bonds. The Bertz CT molecular complexity index is 415. The first kappa shape index (κ1) is 12.5. The lowest BCUT2D eigenvalue weighted by atomic mass is 10.1. The number of hydrogen-bond donors (Lipinski definition) is 0. The third-order valence-electron chi connectivity index (χ3n) is 2.67. The van der Waals surface area contributed by atoms with Crippen LogP contribution in [-0.2, 0) is 15.9 Å². The number of benzene rings is 1. The van der Waals surface area contributed by atoms with Gasteiger partial charge in [-0.15, -0.1) is 0 Å². The summed E-state index contributed by atoms with van der Waals surface area (Å²) in [7, 11) is 1.58. The Morgan fingerprint density at radius 3 is 3.06 bits per heavy atom. The van der Waals surface area contributed by atoms with E-state index in [0.29, 0.717) is 17.9 Å². The first-order valence-corrected chi connectivity index (χ1v) is 5.90. The molecule has 1 atom stereocenters. The van der Waals surface area contributed by atoms with Gasteiger partial charge in [-0.05, 0) is 25.0 Å². The van der Waals surface area contributed by atoms with Crippen molar-refractivity contribution in [1.29, 1.82) is 0 Å². The maximum absolute atomic E-state index is 11.2. The topological polar surface area (TPSA) is 54.0 Å². The van der Waals surface area contributed by atoms with Crippen LogP contribution in [0.1, 0.15) is 18.9 Å². The molecule has 0 fully saturated rings. The summed E-state index contributed by atoms with van der Waals surface area (Å²) in [5.74, 6) is 1.28. The molecule has 5 heteroatoms. The average Bonchev–Trinajstić information content (AvgIpc) is 2.38. The molecular weight excluding hydrogens is 236 g/mol. The van der Waals surface area contributed by atoms with E-state index < -0.39 is 12.4 Å². The first-order valence-electron chi connectivity index (χ1n) is 5.90. The summed E-state index contributed by atoms with van der Waals surface area (Å²) < 4.78 is 20.6. The van der Waals surface area contributed by atoms with Crippen LogP contribution in [0.25, 0.3) is 0 Å². The van der Waals surface area contributed by atoms with Crippen molar-refractivity contribution in [2.45, 2.75) is 26.1 Å². The third kappa shape index (κ3) is 2.67. The minimum atomic E-state index is -0.708. The quantitative estimate of drug-likeness (QED) is 0.774. The molecule has 1 heterocycles. The first-order chi connectivity index (χ1) is 8.74. The number of aryl methyl sites for hydroxylation is 1. The van der Waals surface area contributed by atoms with E-state index in [1.807, 2.05) is 18.2 Å². The molecule has 2 rings (SSSR count). The summed E-state index contributed by atoms with van der Waals surface area (Å²) in [5, 5.41) is 0. The van der Waals surface area contributed by atoms with Crippen LogP contribution in [0.5, 0.6) is 11.5 Å². The van der Waals surface area contributed by atoms with Gasteiger partial charge >= 0.3 is 6.16 Å². The van der Waals surface area contributed by atoms with E-state index in [1.54, 1.807) is 14.0 Å². The van der Waals surface area contributed by atoms with Crippen molar-refractivity contribution in [3.05, 3.63) is 23.8 Å². The Balaban J connectivity index is 2.07. The van der Waals surface area contributed by atoms with E-state index in [9.17, 15) is 4.79 Å². The molecule has 5 nitrogen and oxygen atoms in total. The highest BCUT2D eigenvalue weighted by Gasteiger charge is 2.25. The average molecular weight is 252 g/mol. The fraction of sp³-hybridized carbons (Fsp3) is 0.462. The number of hydrogen-bond acceptors (Lipinski definition) is 5. The zero-order valence-corrected chi connectivity index (χ0v) is 10.5. The van der Waals surface area contributed by atoms with Gasteiger partial charge in [-0.3, -0.25) is 0 Å². The van der Waals surface area contributed by atoms with Crippen LogP contribution in [0.2, 0.25) is 0 Å². The highest BCUT2D eigenvalue weighted by molar-refractivity contribution is 5.60. The number of carbonyl (C=O) groups excluding carboxylic acids is 1. The second-order valence-corrected chi connectivity index (χ2v) is 3.84. The maximum Gasteiger partial charge on any atom is 0.511 e. The fourth-order valence-electron chi connectivity index (χ4n) is 1.86. The van der Waals surface area contributed by atoms with Gasteiger partial charge < -0.3 is 18.9 Å². The van der Waals surface area contributed by atoms with Crippen LogP contribution in [-0.4, -0.2) is 26.2 Å². The third-order valence-corrected chi connectivity index (χ3v) is 2.67. The molecule has 0 bridgehead atoms. The fourth-order valence-corrected chi connectivity index (χ4v) is 1.86. The lowest BCUT2D eigenvalue weighted by molar-refractivity contribution is -0.0735. The van der Waals surface area contributed by atoms with Crippen molar-refractivity contribution < 1.29 is 23.7 Å². The number of rotatable bonds is 3. The maximum atomic E-state index is 11.2. The molecular formula is C13H16O5. The number of fused-ring (bicyclic) bond motifs is 1. The molecule has 0 saturated carbocycles. The highest BCUT2D eigenvalue weighted by Crippen LogP contribution is 2.36. The van der Waals surface area contributed by atoms with E-state index in [2.05, 4.69) is 0 Å². The van der Waals surface area contributed by atoms with Crippen molar-refractivity contribution in [3.8, 4) is 11.5 Å². The van der Waals surface area contributed by atoms with Gasteiger partial charge in [0.2, 0.25) is 6.29 Å². The van der Waals surface area contributed by atoms with Crippen LogP contribution in [0.3, 0.4) is 0 Å². The predicted molar refractivity (Wildman–Crippen MR) is 63.8 cm³/mol. The summed E-state index contributed by atoms with van der Waals surface area (Å²) in [5.41, 5.74) is 1.05. The van der Waals surface area contributed by atoms with Crippen molar-refractivity contribution in [2.24, 2.45) is 0 Å². The SMILES string of the molecule is CCOC(=O)OC1CCc2cccc(OC)c2O1. The van der Waals surface area contributed by atoms with Crippen molar-refractivity contribution in [3.63, 3.8) is 0 Å². The molecule has 1 unspecified atom stereocenters. The standard InChI is InChI=1S/C13H16O5/c1-3-16-13(14)18-11-8-7-9-5-4-6-10(15-2)12(9)17-11/h4-6,11H,3,7-8H2,1-2H3. The number of carbonyl (C=O) groups is 1. The molecule has 1 aliphatic heterocycles. The number of methoxy groups -OCH3 is 1. The summed E-state index contributed by atoms with van der Waals surface area (Å²) in [6, 6.07) is 5.69. The Hall–Kier alpha value is -1.91. The van der Waals surface area contributed by atoms with Crippen LogP contribution < -0.4 is 9.47 Å².